The van der Waals surface area contributed by atoms with Gasteiger partial charge in [0.05, 0.1) is 12.8 Å². The molecule has 0 radical (unpaired) electrons. The third kappa shape index (κ3) is 3.10. The molecule has 0 spiro atoms. The number of ether oxygens (including phenoxy) is 1. The van der Waals surface area contributed by atoms with Gasteiger partial charge in [-0.15, -0.1) is 0 Å². The monoisotopic (exact) mass is 367 g/mol. The molecular formula is C21H21ClN2O2. The van der Waals surface area contributed by atoms with Crippen LogP contribution in [0.2, 0.25) is 5.02 Å². The number of aromatic nitrogens is 1. The summed E-state index contributed by atoms with van der Waals surface area (Å²) < 4.78 is 4.86. The lowest BCUT2D eigenvalue weighted by atomic mass is 9.88. The summed E-state index contributed by atoms with van der Waals surface area (Å²) in [6, 6.07) is 10.3. The zero-order chi connectivity index (χ0) is 18.1. The highest BCUT2D eigenvalue weighted by atomic mass is 35.5. The van der Waals surface area contributed by atoms with Gasteiger partial charge in [0, 0.05) is 29.9 Å². The Hall–Kier alpha value is -2.33. The first kappa shape index (κ1) is 17.1. The van der Waals surface area contributed by atoms with Crippen LogP contribution < -0.4 is 0 Å². The standard InChI is InChI=1S/C21H21ClN2O2/c1-26-21(25)24-11-8-14(9-12-24)19-18-7-6-17(22)13-16(18)5-4-15-3-2-10-23-20(15)19/h2-3,6-7,10,13H,4-5,8-9,11-12H2,1H3/i1-1. The van der Waals surface area contributed by atoms with Crippen molar-refractivity contribution in [2.45, 2.75) is 25.7 Å². The SMILES string of the molecule is [11CH3]OC(=O)N1CCC(=C2c3ccc(Cl)cc3CCc3cccnc32)CC1. The second-order valence-corrected chi connectivity index (χ2v) is 7.18. The lowest BCUT2D eigenvalue weighted by Gasteiger charge is -2.29. The molecule has 0 N–H and O–H groups in total. The maximum absolute atomic E-state index is 11.8. The molecule has 1 aromatic carbocycles. The van der Waals surface area contributed by atoms with Crippen LogP contribution in [0.3, 0.4) is 0 Å². The summed E-state index contributed by atoms with van der Waals surface area (Å²) in [5.41, 5.74) is 7.44. The number of methoxy groups -OCH3 is 1. The summed E-state index contributed by atoms with van der Waals surface area (Å²) in [5.74, 6) is 0. The van der Waals surface area contributed by atoms with Gasteiger partial charge < -0.3 is 9.64 Å². The van der Waals surface area contributed by atoms with E-state index in [9.17, 15) is 4.79 Å². The van der Waals surface area contributed by atoms with Crippen molar-refractivity contribution in [1.29, 1.82) is 0 Å². The van der Waals surface area contributed by atoms with Gasteiger partial charge in [0.15, 0.2) is 0 Å². The lowest BCUT2D eigenvalue weighted by Crippen LogP contribution is -2.36. The molecule has 0 bridgehead atoms. The van der Waals surface area contributed by atoms with Crippen molar-refractivity contribution in [3.05, 3.63) is 69.5 Å². The molecule has 0 atom stereocenters. The first-order valence-corrected chi connectivity index (χ1v) is 9.33. The van der Waals surface area contributed by atoms with Crippen molar-refractivity contribution in [3.8, 4) is 0 Å². The van der Waals surface area contributed by atoms with E-state index >= 15 is 0 Å². The Balaban J connectivity index is 1.81. The molecule has 0 saturated carbocycles. The van der Waals surface area contributed by atoms with E-state index in [1.54, 1.807) is 4.90 Å². The van der Waals surface area contributed by atoms with Gasteiger partial charge in [0.25, 0.3) is 0 Å². The Morgan fingerprint density at radius 2 is 1.88 bits per heavy atom. The fourth-order valence-corrected chi connectivity index (χ4v) is 4.17. The first-order chi connectivity index (χ1) is 12.7. The van der Waals surface area contributed by atoms with E-state index in [1.807, 2.05) is 18.3 Å². The van der Waals surface area contributed by atoms with Gasteiger partial charge in [-0.25, -0.2) is 4.79 Å². The number of aryl methyl sites for hydroxylation is 2. The van der Waals surface area contributed by atoms with E-state index in [-0.39, 0.29) is 6.09 Å². The van der Waals surface area contributed by atoms with Gasteiger partial charge in [0.1, 0.15) is 0 Å². The van der Waals surface area contributed by atoms with Crippen molar-refractivity contribution in [3.63, 3.8) is 0 Å². The van der Waals surface area contributed by atoms with Crippen molar-refractivity contribution in [1.82, 2.24) is 9.88 Å². The molecule has 2 heterocycles. The second-order valence-electron chi connectivity index (χ2n) is 6.75. The predicted molar refractivity (Wildman–Crippen MR) is 102 cm³/mol. The smallest absolute Gasteiger partial charge is 0.409 e. The largest absolute Gasteiger partial charge is 0.453 e. The number of carbonyl (C=O) groups excluding carboxylic acids is 1. The molecule has 1 aliphatic carbocycles. The van der Waals surface area contributed by atoms with E-state index < -0.39 is 0 Å². The number of nitrogens with zero attached hydrogens (tertiary/aromatic N) is 2. The van der Waals surface area contributed by atoms with Crippen molar-refractivity contribution in [2.24, 2.45) is 0 Å². The van der Waals surface area contributed by atoms with Crippen molar-refractivity contribution < 1.29 is 9.53 Å². The zero-order valence-corrected chi connectivity index (χ0v) is 15.6. The van der Waals surface area contributed by atoms with Crippen LogP contribution in [0.1, 0.15) is 35.2 Å². The molecule has 0 unspecified atom stereocenters. The third-order valence-electron chi connectivity index (χ3n) is 5.28. The molecule has 1 fully saturated rings. The molecule has 1 aromatic heterocycles. The quantitative estimate of drug-likeness (QED) is 0.688. The predicted octanol–water partition coefficient (Wildman–Crippen LogP) is 4.50. The van der Waals surface area contributed by atoms with Gasteiger partial charge in [-0.2, -0.15) is 0 Å². The average Bonchev–Trinajstić information content (AvgIpc) is 2.84. The van der Waals surface area contributed by atoms with Crippen LogP contribution in [0, 0.1) is 0 Å². The molecule has 4 nitrogen and oxygen atoms in total. The fraction of sp³-hybridized carbons (Fsp3) is 0.333. The number of pyridine rings is 1. The molecule has 1 amide bonds. The van der Waals surface area contributed by atoms with E-state index in [2.05, 4.69) is 18.2 Å². The number of hydrogen-bond donors (Lipinski definition) is 0. The Bertz CT molecular complexity index is 881. The highest BCUT2D eigenvalue weighted by Gasteiger charge is 2.26. The number of likely N-dealkylation sites (tertiary alicyclic amines) is 1. The maximum Gasteiger partial charge on any atom is 0.409 e. The number of rotatable bonds is 0. The van der Waals surface area contributed by atoms with Crippen LogP contribution in [-0.4, -0.2) is 36.2 Å². The summed E-state index contributed by atoms with van der Waals surface area (Å²) in [4.78, 5) is 18.3. The number of hydrogen-bond acceptors (Lipinski definition) is 3. The summed E-state index contributed by atoms with van der Waals surface area (Å²) in [5, 5.41) is 0.771. The topological polar surface area (TPSA) is 42.4 Å². The molecular weight excluding hydrogens is 347 g/mol. The minimum absolute atomic E-state index is 0.249. The van der Waals surface area contributed by atoms with Crippen LogP contribution in [-0.2, 0) is 17.6 Å². The van der Waals surface area contributed by atoms with E-state index in [4.69, 9.17) is 21.3 Å². The highest BCUT2D eigenvalue weighted by molar-refractivity contribution is 6.30. The number of fused-ring (bicyclic) bond motifs is 2. The zero-order valence-electron chi connectivity index (χ0n) is 14.8. The summed E-state index contributed by atoms with van der Waals surface area (Å²) >= 11 is 6.25. The first-order valence-electron chi connectivity index (χ1n) is 8.95. The number of benzene rings is 1. The molecule has 1 saturated heterocycles. The maximum atomic E-state index is 11.8. The molecule has 1 aliphatic heterocycles. The minimum Gasteiger partial charge on any atom is -0.453 e. The highest BCUT2D eigenvalue weighted by Crippen LogP contribution is 2.38. The average molecular weight is 368 g/mol. The number of piperidine rings is 1. The number of halogens is 1. The Kier molecular flexibility index (Phi) is 4.68. The van der Waals surface area contributed by atoms with Gasteiger partial charge in [0.2, 0.25) is 0 Å². The lowest BCUT2D eigenvalue weighted by molar-refractivity contribution is 0.120. The Morgan fingerprint density at radius 1 is 1.12 bits per heavy atom. The summed E-state index contributed by atoms with van der Waals surface area (Å²) in [7, 11) is 1.43. The van der Waals surface area contributed by atoms with Gasteiger partial charge in [-0.05, 0) is 60.6 Å². The van der Waals surface area contributed by atoms with Crippen LogP contribution in [0.25, 0.3) is 5.57 Å². The summed E-state index contributed by atoms with van der Waals surface area (Å²) in [6.07, 6.45) is 5.21. The van der Waals surface area contributed by atoms with Crippen LogP contribution >= 0.6 is 11.6 Å². The molecule has 2 aromatic rings. The fourth-order valence-electron chi connectivity index (χ4n) is 3.97. The van der Waals surface area contributed by atoms with E-state index in [1.165, 1.54) is 34.9 Å². The Labute approximate surface area is 158 Å². The number of amides is 1. The minimum atomic E-state index is -0.249. The molecule has 26 heavy (non-hydrogen) atoms. The molecule has 5 heteroatoms. The molecule has 4 rings (SSSR count). The van der Waals surface area contributed by atoms with Crippen molar-refractivity contribution >= 4 is 23.3 Å². The normalized spacial score (nSPS) is 16.6. The van der Waals surface area contributed by atoms with E-state index in [0.29, 0.717) is 13.1 Å². The number of carbonyl (C=O) groups is 1. The van der Waals surface area contributed by atoms with E-state index in [0.717, 1.165) is 36.4 Å². The van der Waals surface area contributed by atoms with Crippen LogP contribution in [0.15, 0.2) is 42.1 Å². The van der Waals surface area contributed by atoms with Gasteiger partial charge >= 0.3 is 6.09 Å². The third-order valence-corrected chi connectivity index (χ3v) is 5.52. The molecule has 134 valence electrons. The van der Waals surface area contributed by atoms with Gasteiger partial charge in [-0.1, -0.05) is 29.3 Å². The molecule has 2 aliphatic rings. The summed E-state index contributed by atoms with van der Waals surface area (Å²) in [6.45, 7) is 1.35. The van der Waals surface area contributed by atoms with Crippen LogP contribution in [0.4, 0.5) is 4.79 Å². The second kappa shape index (κ2) is 7.12. The van der Waals surface area contributed by atoms with Crippen LogP contribution in [0.5, 0.6) is 0 Å². The Morgan fingerprint density at radius 3 is 2.65 bits per heavy atom. The van der Waals surface area contributed by atoms with Crippen molar-refractivity contribution in [2.75, 3.05) is 20.2 Å². The van der Waals surface area contributed by atoms with Gasteiger partial charge in [-0.3, -0.25) is 4.98 Å².